The van der Waals surface area contributed by atoms with Gasteiger partial charge in [-0.05, 0) is 36.1 Å². The van der Waals surface area contributed by atoms with E-state index in [9.17, 15) is 9.59 Å². The lowest BCUT2D eigenvalue weighted by molar-refractivity contribution is -0.121. The number of hydrogen-bond donors (Lipinski definition) is 0. The Kier molecular flexibility index (Phi) is 6.34. The van der Waals surface area contributed by atoms with E-state index in [-0.39, 0.29) is 11.8 Å². The van der Waals surface area contributed by atoms with Crippen molar-refractivity contribution in [3.63, 3.8) is 0 Å². The van der Waals surface area contributed by atoms with E-state index >= 15 is 0 Å². The van der Waals surface area contributed by atoms with Gasteiger partial charge in [-0.2, -0.15) is 0 Å². The third-order valence-electron chi connectivity index (χ3n) is 5.09. The summed E-state index contributed by atoms with van der Waals surface area (Å²) in [6, 6.07) is 15.7. The number of ether oxygens (including phenoxy) is 1. The zero-order valence-electron chi connectivity index (χ0n) is 16.8. The topological polar surface area (TPSA) is 49.9 Å². The summed E-state index contributed by atoms with van der Waals surface area (Å²) in [6.45, 7) is 7.64. The minimum atomic E-state index is -0.250. The molecule has 0 aromatic heterocycles. The minimum Gasteiger partial charge on any atom is -0.493 e. The van der Waals surface area contributed by atoms with Crippen molar-refractivity contribution in [3.8, 4) is 5.75 Å². The van der Waals surface area contributed by atoms with Crippen LogP contribution in [0.3, 0.4) is 0 Å². The second-order valence-corrected chi connectivity index (χ2v) is 7.53. The first-order chi connectivity index (χ1) is 13.5. The predicted molar refractivity (Wildman–Crippen MR) is 112 cm³/mol. The van der Waals surface area contributed by atoms with E-state index in [0.717, 1.165) is 23.5 Å². The smallest absolute Gasteiger partial charge is 0.231 e. The van der Waals surface area contributed by atoms with Crippen LogP contribution in [0.2, 0.25) is 0 Å². The van der Waals surface area contributed by atoms with Crippen molar-refractivity contribution in [3.05, 3.63) is 54.1 Å². The molecule has 1 atom stereocenters. The summed E-state index contributed by atoms with van der Waals surface area (Å²) in [5.41, 5.74) is 2.75. The average Bonchev–Trinajstić information content (AvgIpc) is 2.81. The van der Waals surface area contributed by atoms with Crippen LogP contribution >= 0.6 is 0 Å². The van der Waals surface area contributed by atoms with Crippen molar-refractivity contribution < 1.29 is 14.3 Å². The van der Waals surface area contributed by atoms with Crippen LogP contribution in [0.1, 0.15) is 38.7 Å². The fourth-order valence-electron chi connectivity index (χ4n) is 3.62. The highest BCUT2D eigenvalue weighted by atomic mass is 16.5. The molecule has 1 aliphatic heterocycles. The first-order valence-corrected chi connectivity index (χ1v) is 9.87. The van der Waals surface area contributed by atoms with Gasteiger partial charge in [0.25, 0.3) is 0 Å². The van der Waals surface area contributed by atoms with Gasteiger partial charge in [0.15, 0.2) is 0 Å². The normalized spacial score (nSPS) is 16.7. The maximum Gasteiger partial charge on any atom is 0.231 e. The van der Waals surface area contributed by atoms with Gasteiger partial charge in [0.1, 0.15) is 5.75 Å². The molecule has 0 radical (unpaired) electrons. The van der Waals surface area contributed by atoms with E-state index in [1.165, 1.54) is 5.56 Å². The molecular formula is C23H28N2O3. The molecule has 5 heteroatoms. The lowest BCUT2D eigenvalue weighted by Crippen LogP contribution is -2.37. The lowest BCUT2D eigenvalue weighted by Gasteiger charge is -2.24. The lowest BCUT2D eigenvalue weighted by atomic mass is 10.0. The van der Waals surface area contributed by atoms with Crippen molar-refractivity contribution >= 4 is 23.7 Å². The van der Waals surface area contributed by atoms with Crippen LogP contribution in [0.5, 0.6) is 5.75 Å². The summed E-state index contributed by atoms with van der Waals surface area (Å²) in [5, 5.41) is 0. The molecule has 2 amide bonds. The van der Waals surface area contributed by atoms with Crippen molar-refractivity contribution in [1.29, 1.82) is 0 Å². The fraction of sp³-hybridized carbons (Fsp3) is 0.391. The summed E-state index contributed by atoms with van der Waals surface area (Å²) in [6.07, 6.45) is 1.51. The Hall–Kier alpha value is -2.82. The molecule has 0 N–H and O–H groups in total. The standard InChI is InChI=1S/C23H28N2O3/c1-17(2)19-9-4-7-12-22(19)28-14-8-13-25-21-11-6-5-10-20(21)24(16-26)15-18(3)23(25)27/h4-7,9-12,16-18H,8,13-15H2,1-3H3. The zero-order chi connectivity index (χ0) is 20.1. The van der Waals surface area contributed by atoms with Crippen molar-refractivity contribution in [2.24, 2.45) is 5.92 Å². The summed E-state index contributed by atoms with van der Waals surface area (Å²) >= 11 is 0. The molecule has 5 nitrogen and oxygen atoms in total. The average molecular weight is 380 g/mol. The van der Waals surface area contributed by atoms with Crippen LogP contribution < -0.4 is 14.5 Å². The highest BCUT2D eigenvalue weighted by Crippen LogP contribution is 2.33. The van der Waals surface area contributed by atoms with Gasteiger partial charge in [0.2, 0.25) is 12.3 Å². The fourth-order valence-corrected chi connectivity index (χ4v) is 3.62. The number of benzene rings is 2. The number of rotatable bonds is 7. The molecule has 0 bridgehead atoms. The minimum absolute atomic E-state index is 0.0411. The number of carbonyl (C=O) groups excluding carboxylic acids is 2. The van der Waals surface area contributed by atoms with Crippen molar-refractivity contribution in [2.75, 3.05) is 29.5 Å². The molecule has 3 rings (SSSR count). The Morgan fingerprint density at radius 1 is 1.11 bits per heavy atom. The second kappa shape index (κ2) is 8.91. The van der Waals surface area contributed by atoms with Gasteiger partial charge in [0.05, 0.1) is 23.9 Å². The summed E-state index contributed by atoms with van der Waals surface area (Å²) in [4.78, 5) is 27.8. The Morgan fingerprint density at radius 2 is 1.79 bits per heavy atom. The summed E-state index contributed by atoms with van der Waals surface area (Å²) < 4.78 is 6.01. The van der Waals surface area contributed by atoms with Gasteiger partial charge in [-0.3, -0.25) is 9.59 Å². The quantitative estimate of drug-likeness (QED) is 0.534. The number of carbonyl (C=O) groups is 2. The number of fused-ring (bicyclic) bond motifs is 1. The van der Waals surface area contributed by atoms with Gasteiger partial charge in [-0.25, -0.2) is 0 Å². The van der Waals surface area contributed by atoms with Crippen LogP contribution in [0.15, 0.2) is 48.5 Å². The largest absolute Gasteiger partial charge is 0.493 e. The van der Waals surface area contributed by atoms with Crippen LogP contribution in [0, 0.1) is 5.92 Å². The molecule has 1 aliphatic rings. The van der Waals surface area contributed by atoms with Crippen LogP contribution in [0.25, 0.3) is 0 Å². The molecule has 2 aromatic rings. The molecule has 148 valence electrons. The highest BCUT2D eigenvalue weighted by Gasteiger charge is 2.30. The van der Waals surface area contributed by atoms with Gasteiger partial charge in [-0.15, -0.1) is 0 Å². The number of nitrogens with zero attached hydrogens (tertiary/aromatic N) is 2. The third kappa shape index (κ3) is 4.19. The molecule has 28 heavy (non-hydrogen) atoms. The molecule has 0 saturated heterocycles. The first-order valence-electron chi connectivity index (χ1n) is 9.87. The highest BCUT2D eigenvalue weighted by molar-refractivity contribution is 6.02. The molecule has 0 spiro atoms. The van der Waals surface area contributed by atoms with Gasteiger partial charge in [-0.1, -0.05) is 51.1 Å². The number of anilines is 2. The van der Waals surface area contributed by atoms with E-state index in [1.54, 1.807) is 9.80 Å². The number of amides is 2. The molecular weight excluding hydrogens is 352 g/mol. The van der Waals surface area contributed by atoms with Crippen molar-refractivity contribution in [2.45, 2.75) is 33.1 Å². The second-order valence-electron chi connectivity index (χ2n) is 7.53. The number of para-hydroxylation sites is 3. The number of hydrogen-bond acceptors (Lipinski definition) is 3. The zero-order valence-corrected chi connectivity index (χ0v) is 16.8. The third-order valence-corrected chi connectivity index (χ3v) is 5.09. The SMILES string of the molecule is CC1CN(C=O)c2ccccc2N(CCCOc2ccccc2C(C)C)C1=O. The molecule has 1 heterocycles. The van der Waals surface area contributed by atoms with E-state index in [1.807, 2.05) is 49.4 Å². The van der Waals surface area contributed by atoms with E-state index < -0.39 is 0 Å². The predicted octanol–water partition coefficient (Wildman–Crippen LogP) is 4.22. The van der Waals surface area contributed by atoms with E-state index in [2.05, 4.69) is 19.9 Å². The van der Waals surface area contributed by atoms with Gasteiger partial charge >= 0.3 is 0 Å². The maximum absolute atomic E-state index is 12.9. The molecule has 0 saturated carbocycles. The molecule has 0 fully saturated rings. The Bertz CT molecular complexity index is 834. The van der Waals surface area contributed by atoms with Gasteiger partial charge in [0, 0.05) is 13.1 Å². The monoisotopic (exact) mass is 380 g/mol. The van der Waals surface area contributed by atoms with E-state index in [0.29, 0.717) is 32.0 Å². The maximum atomic E-state index is 12.9. The van der Waals surface area contributed by atoms with Gasteiger partial charge < -0.3 is 14.5 Å². The summed E-state index contributed by atoms with van der Waals surface area (Å²) in [7, 11) is 0. The van der Waals surface area contributed by atoms with Crippen molar-refractivity contribution in [1.82, 2.24) is 0 Å². The van der Waals surface area contributed by atoms with Crippen LogP contribution in [-0.4, -0.2) is 32.0 Å². The molecule has 1 unspecified atom stereocenters. The van der Waals surface area contributed by atoms with E-state index in [4.69, 9.17) is 4.74 Å². The van der Waals surface area contributed by atoms with Crippen LogP contribution in [-0.2, 0) is 9.59 Å². The Morgan fingerprint density at radius 3 is 2.50 bits per heavy atom. The summed E-state index contributed by atoms with van der Waals surface area (Å²) in [5.74, 6) is 1.09. The Labute approximate surface area is 166 Å². The van der Waals surface area contributed by atoms with Crippen LogP contribution in [0.4, 0.5) is 11.4 Å². The first kappa shape index (κ1) is 19.9. The molecule has 2 aromatic carbocycles. The Balaban J connectivity index is 1.71. The molecule has 0 aliphatic carbocycles.